The van der Waals surface area contributed by atoms with Crippen molar-refractivity contribution in [3.05, 3.63) is 206 Å². The number of para-hydroxylation sites is 2. The summed E-state index contributed by atoms with van der Waals surface area (Å²) in [4.78, 5) is 10.8. The topological polar surface area (TPSA) is 35.6 Å². The largest absolute Gasteiger partial charge is 0.309 e. The van der Waals surface area contributed by atoms with Crippen molar-refractivity contribution in [1.82, 2.24) is 19.1 Å². The summed E-state index contributed by atoms with van der Waals surface area (Å²) in [7, 11) is 0. The summed E-state index contributed by atoms with van der Waals surface area (Å²) >= 11 is 0. The predicted molar refractivity (Wildman–Crippen MR) is 242 cm³/mol. The van der Waals surface area contributed by atoms with Gasteiger partial charge < -0.3 is 4.57 Å². The maximum atomic E-state index is 5.50. The van der Waals surface area contributed by atoms with Crippen LogP contribution in [0.5, 0.6) is 0 Å². The van der Waals surface area contributed by atoms with Gasteiger partial charge in [0.25, 0.3) is 0 Å². The minimum absolute atomic E-state index is 0.650. The van der Waals surface area contributed by atoms with E-state index >= 15 is 0 Å². The van der Waals surface area contributed by atoms with Gasteiger partial charge in [0.15, 0.2) is 0 Å². The first-order valence-corrected chi connectivity index (χ1v) is 19.8. The highest BCUT2D eigenvalue weighted by molar-refractivity contribution is 6.31. The average molecular weight is 739 g/mol. The van der Waals surface area contributed by atoms with Crippen LogP contribution in [0.3, 0.4) is 0 Å². The van der Waals surface area contributed by atoms with Crippen LogP contribution in [-0.2, 0) is 0 Å². The molecule has 3 heterocycles. The molecule has 3 aromatic heterocycles. The summed E-state index contributed by atoms with van der Waals surface area (Å²) < 4.78 is 4.72. The van der Waals surface area contributed by atoms with Gasteiger partial charge in [0.2, 0.25) is 5.95 Å². The quantitative estimate of drug-likeness (QED) is 0.176. The first-order valence-electron chi connectivity index (χ1n) is 19.8. The fraction of sp³-hybridized carbons (Fsp3) is 0. The van der Waals surface area contributed by atoms with Crippen molar-refractivity contribution < 1.29 is 0 Å². The SMILES string of the molecule is c1ccc(-c2ccc(-c3nc(-n4c5ccc6c(c7ccccc7n6-c6ccc(-c7ccccc7)cc6)c5c5ccc6ccccc6c54)nc4ccccc34)cc2)cc1. The molecule has 12 aromatic rings. The number of rotatable bonds is 5. The number of benzene rings is 9. The standard InChI is InChI=1S/C54H34N4/c1-3-13-35(14-4-1)37-23-25-40(26-24-37)52-43-19-9-11-21-46(43)55-54(56-52)58-49-34-33-48-50(51(49)45-32-29-39-17-7-8-18-42(39)53(45)58)44-20-10-12-22-47(44)57(48)41-30-27-38(28-31-41)36-15-5-2-6-16-36/h1-34H. The van der Waals surface area contributed by atoms with Crippen LogP contribution in [0.1, 0.15) is 0 Å². The Labute approximate surface area is 334 Å². The molecular formula is C54H34N4. The van der Waals surface area contributed by atoms with E-state index in [-0.39, 0.29) is 0 Å². The Bertz CT molecular complexity index is 3530. The van der Waals surface area contributed by atoms with Crippen molar-refractivity contribution in [2.75, 3.05) is 0 Å². The molecule has 4 heteroatoms. The summed E-state index contributed by atoms with van der Waals surface area (Å²) in [6.45, 7) is 0. The van der Waals surface area contributed by atoms with E-state index in [1.807, 2.05) is 0 Å². The summed E-state index contributed by atoms with van der Waals surface area (Å²) in [5.41, 5.74) is 13.3. The number of aromatic nitrogens is 4. The second-order valence-corrected chi connectivity index (χ2v) is 15.0. The molecule has 0 aliphatic rings. The molecule has 0 amide bonds. The van der Waals surface area contributed by atoms with E-state index in [9.17, 15) is 0 Å². The first kappa shape index (κ1) is 32.4. The van der Waals surface area contributed by atoms with E-state index in [1.165, 1.54) is 54.7 Å². The van der Waals surface area contributed by atoms with Crippen molar-refractivity contribution in [1.29, 1.82) is 0 Å². The van der Waals surface area contributed by atoms with Gasteiger partial charge in [-0.2, -0.15) is 0 Å². The lowest BCUT2D eigenvalue weighted by atomic mass is 10.0. The molecule has 12 rings (SSSR count). The first-order chi connectivity index (χ1) is 28.8. The van der Waals surface area contributed by atoms with Crippen LogP contribution < -0.4 is 0 Å². The van der Waals surface area contributed by atoms with E-state index < -0.39 is 0 Å². The Kier molecular flexibility index (Phi) is 7.20. The average Bonchev–Trinajstić information content (AvgIpc) is 3.83. The highest BCUT2D eigenvalue weighted by Gasteiger charge is 2.23. The Morgan fingerprint density at radius 2 is 0.845 bits per heavy atom. The van der Waals surface area contributed by atoms with Crippen LogP contribution in [0.2, 0.25) is 0 Å². The zero-order valence-electron chi connectivity index (χ0n) is 31.4. The van der Waals surface area contributed by atoms with E-state index in [0.29, 0.717) is 5.95 Å². The number of nitrogens with zero attached hydrogens (tertiary/aromatic N) is 4. The van der Waals surface area contributed by atoms with Gasteiger partial charge >= 0.3 is 0 Å². The normalized spacial score (nSPS) is 11.8. The number of hydrogen-bond acceptors (Lipinski definition) is 2. The molecule has 58 heavy (non-hydrogen) atoms. The Morgan fingerprint density at radius 3 is 1.57 bits per heavy atom. The van der Waals surface area contributed by atoms with Gasteiger partial charge in [-0.05, 0) is 64.0 Å². The molecule has 0 unspecified atom stereocenters. The molecule has 9 aromatic carbocycles. The molecule has 0 saturated carbocycles. The second-order valence-electron chi connectivity index (χ2n) is 15.0. The van der Waals surface area contributed by atoms with Gasteiger partial charge in [-0.3, -0.25) is 4.57 Å². The molecule has 0 radical (unpaired) electrons. The summed E-state index contributed by atoms with van der Waals surface area (Å²) in [5, 5.41) is 8.15. The van der Waals surface area contributed by atoms with Gasteiger partial charge in [0.05, 0.1) is 33.3 Å². The monoisotopic (exact) mass is 738 g/mol. The van der Waals surface area contributed by atoms with E-state index in [4.69, 9.17) is 9.97 Å². The van der Waals surface area contributed by atoms with Crippen molar-refractivity contribution in [2.24, 2.45) is 0 Å². The molecule has 0 spiro atoms. The van der Waals surface area contributed by atoms with Crippen LogP contribution in [0.25, 0.3) is 110 Å². The smallest absolute Gasteiger partial charge is 0.235 e. The summed E-state index contributed by atoms with van der Waals surface area (Å²) in [5.74, 6) is 0.650. The highest BCUT2D eigenvalue weighted by Crippen LogP contribution is 2.44. The number of hydrogen-bond donors (Lipinski definition) is 0. The third-order valence-corrected chi connectivity index (χ3v) is 11.7. The lowest BCUT2D eigenvalue weighted by Crippen LogP contribution is -2.03. The van der Waals surface area contributed by atoms with Crippen LogP contribution in [-0.4, -0.2) is 19.1 Å². The molecule has 0 saturated heterocycles. The summed E-state index contributed by atoms with van der Waals surface area (Å²) in [6.07, 6.45) is 0. The van der Waals surface area contributed by atoms with Crippen LogP contribution >= 0.6 is 0 Å². The molecule has 0 fully saturated rings. The third kappa shape index (κ3) is 4.95. The Hall–Kier alpha value is -7.82. The highest BCUT2D eigenvalue weighted by atomic mass is 15.2. The van der Waals surface area contributed by atoms with Crippen molar-refractivity contribution >= 4 is 65.3 Å². The van der Waals surface area contributed by atoms with Crippen LogP contribution in [0, 0.1) is 0 Å². The van der Waals surface area contributed by atoms with E-state index in [2.05, 4.69) is 215 Å². The van der Waals surface area contributed by atoms with Gasteiger partial charge in [0.1, 0.15) is 0 Å². The van der Waals surface area contributed by atoms with E-state index in [0.717, 1.165) is 49.8 Å². The van der Waals surface area contributed by atoms with Crippen LogP contribution in [0.15, 0.2) is 206 Å². The van der Waals surface area contributed by atoms with Crippen LogP contribution in [0.4, 0.5) is 0 Å². The maximum Gasteiger partial charge on any atom is 0.235 e. The lowest BCUT2D eigenvalue weighted by molar-refractivity contribution is 1.02. The predicted octanol–water partition coefficient (Wildman–Crippen LogP) is 14.0. The molecular weight excluding hydrogens is 705 g/mol. The van der Waals surface area contributed by atoms with Gasteiger partial charge in [-0.15, -0.1) is 0 Å². The number of fused-ring (bicyclic) bond motifs is 10. The molecule has 0 aliphatic carbocycles. The minimum atomic E-state index is 0.650. The fourth-order valence-corrected chi connectivity index (χ4v) is 9.08. The zero-order chi connectivity index (χ0) is 38.2. The molecule has 0 N–H and O–H groups in total. The summed E-state index contributed by atoms with van der Waals surface area (Å²) in [6, 6.07) is 73.7. The molecule has 0 atom stereocenters. The van der Waals surface area contributed by atoms with Gasteiger partial charge in [0, 0.05) is 43.6 Å². The van der Waals surface area contributed by atoms with E-state index in [1.54, 1.807) is 0 Å². The van der Waals surface area contributed by atoms with Crippen molar-refractivity contribution in [3.63, 3.8) is 0 Å². The van der Waals surface area contributed by atoms with Gasteiger partial charge in [-0.1, -0.05) is 170 Å². The lowest BCUT2D eigenvalue weighted by Gasteiger charge is -2.13. The minimum Gasteiger partial charge on any atom is -0.309 e. The van der Waals surface area contributed by atoms with Crippen molar-refractivity contribution in [3.8, 4) is 45.1 Å². The maximum absolute atomic E-state index is 5.50. The molecule has 4 nitrogen and oxygen atoms in total. The Morgan fingerprint density at radius 1 is 0.310 bits per heavy atom. The molecule has 0 bridgehead atoms. The second kappa shape index (κ2) is 12.9. The third-order valence-electron chi connectivity index (χ3n) is 11.7. The Balaban J connectivity index is 1.14. The molecule has 270 valence electrons. The molecule has 0 aliphatic heterocycles. The zero-order valence-corrected chi connectivity index (χ0v) is 31.4. The fourth-order valence-electron chi connectivity index (χ4n) is 9.08. The van der Waals surface area contributed by atoms with Gasteiger partial charge in [-0.25, -0.2) is 9.97 Å². The van der Waals surface area contributed by atoms with Crippen molar-refractivity contribution in [2.45, 2.75) is 0 Å².